The van der Waals surface area contributed by atoms with Gasteiger partial charge in [0.15, 0.2) is 5.58 Å². The molecule has 0 aliphatic rings. The van der Waals surface area contributed by atoms with E-state index in [-0.39, 0.29) is 0 Å². The van der Waals surface area contributed by atoms with Gasteiger partial charge in [0, 0.05) is 22.8 Å². The summed E-state index contributed by atoms with van der Waals surface area (Å²) in [7, 11) is 0. The fourth-order valence-electron chi connectivity index (χ4n) is 1.85. The number of amides is 1. The van der Waals surface area contributed by atoms with E-state index < -0.39 is 11.7 Å². The number of hydrogen-bond donors (Lipinski definition) is 1. The molecule has 0 unspecified atom stereocenters. The molecule has 2 rings (SSSR count). The molecule has 2 aromatic rings. The zero-order valence-electron chi connectivity index (χ0n) is 12.1. The Hall–Kier alpha value is -1.20. The lowest BCUT2D eigenvalue weighted by atomic mass is 10.2. The van der Waals surface area contributed by atoms with Gasteiger partial charge in [-0.05, 0) is 39.0 Å². The summed E-state index contributed by atoms with van der Waals surface area (Å²) in [5, 5.41) is 4.19. The van der Waals surface area contributed by atoms with Crippen molar-refractivity contribution >= 4 is 44.6 Å². The van der Waals surface area contributed by atoms with Gasteiger partial charge in [0.25, 0.3) is 0 Å². The van der Waals surface area contributed by atoms with Crippen molar-refractivity contribution < 1.29 is 13.9 Å². The third kappa shape index (κ3) is 4.64. The second-order valence-corrected chi connectivity index (χ2v) is 7.02. The molecule has 1 aromatic heterocycles. The Morgan fingerprint density at radius 2 is 2.10 bits per heavy atom. The van der Waals surface area contributed by atoms with Crippen molar-refractivity contribution in [3.05, 3.63) is 33.5 Å². The van der Waals surface area contributed by atoms with Crippen LogP contribution >= 0.6 is 27.5 Å². The molecule has 0 radical (unpaired) electrons. The maximum absolute atomic E-state index is 11.5. The van der Waals surface area contributed by atoms with E-state index in [0.29, 0.717) is 23.6 Å². The topological polar surface area (TPSA) is 51.5 Å². The predicted octanol–water partition coefficient (Wildman–Crippen LogP) is 4.92. The van der Waals surface area contributed by atoms with E-state index >= 15 is 0 Å². The highest BCUT2D eigenvalue weighted by Gasteiger charge is 2.16. The van der Waals surface area contributed by atoms with Crippen molar-refractivity contribution in [2.45, 2.75) is 32.8 Å². The molecule has 0 saturated heterocycles. The van der Waals surface area contributed by atoms with Crippen LogP contribution in [0.3, 0.4) is 0 Å². The molecule has 1 N–H and O–H groups in total. The van der Waals surface area contributed by atoms with Crippen LogP contribution in [0.15, 0.2) is 27.1 Å². The minimum Gasteiger partial charge on any atom is -0.459 e. The van der Waals surface area contributed by atoms with Crippen molar-refractivity contribution in [3.63, 3.8) is 0 Å². The van der Waals surface area contributed by atoms with Crippen LogP contribution in [0.5, 0.6) is 0 Å². The number of carbonyl (C=O) groups excluding carboxylic acids is 1. The quantitative estimate of drug-likeness (QED) is 0.830. The van der Waals surface area contributed by atoms with Gasteiger partial charge in [-0.3, -0.25) is 0 Å². The molecule has 0 atom stereocenters. The first kappa shape index (κ1) is 16.2. The summed E-state index contributed by atoms with van der Waals surface area (Å²) in [6, 6.07) is 5.65. The fraction of sp³-hybridized carbons (Fsp3) is 0.400. The first-order chi connectivity index (χ1) is 9.74. The van der Waals surface area contributed by atoms with Crippen LogP contribution in [0, 0.1) is 0 Å². The molecule has 0 bridgehead atoms. The van der Waals surface area contributed by atoms with E-state index in [2.05, 4.69) is 21.2 Å². The minimum absolute atomic E-state index is 0.431. The highest BCUT2D eigenvalue weighted by Crippen LogP contribution is 2.30. The third-order valence-corrected chi connectivity index (χ3v) is 3.36. The number of ether oxygens (including phenoxy) is 1. The molecule has 1 aromatic carbocycles. The lowest BCUT2D eigenvalue weighted by Crippen LogP contribution is -2.33. The van der Waals surface area contributed by atoms with Crippen LogP contribution < -0.4 is 5.32 Å². The molecule has 0 aliphatic carbocycles. The molecule has 4 nitrogen and oxygen atoms in total. The van der Waals surface area contributed by atoms with E-state index in [0.717, 1.165) is 15.6 Å². The lowest BCUT2D eigenvalue weighted by molar-refractivity contribution is 0.0528. The molecule has 0 aliphatic heterocycles. The average molecular weight is 375 g/mol. The van der Waals surface area contributed by atoms with E-state index in [1.165, 1.54) is 0 Å². The van der Waals surface area contributed by atoms with Gasteiger partial charge >= 0.3 is 6.09 Å². The Morgan fingerprint density at radius 3 is 2.76 bits per heavy atom. The van der Waals surface area contributed by atoms with E-state index in [1.54, 1.807) is 6.07 Å². The summed E-state index contributed by atoms with van der Waals surface area (Å²) in [6.45, 7) is 5.91. The third-order valence-electron chi connectivity index (χ3n) is 2.63. The number of benzene rings is 1. The smallest absolute Gasteiger partial charge is 0.407 e. The Labute approximate surface area is 136 Å². The molecule has 6 heteroatoms. The van der Waals surface area contributed by atoms with Crippen LogP contribution in [-0.4, -0.2) is 18.2 Å². The standard InChI is InChI=1S/C15H17BrClNO3/c1-15(2,3)21-14(19)18-5-4-11-7-9-6-10(16)8-12(17)13(9)20-11/h6-8H,4-5H2,1-3H3,(H,18,19). The monoisotopic (exact) mass is 373 g/mol. The summed E-state index contributed by atoms with van der Waals surface area (Å²) in [5.74, 6) is 0.765. The first-order valence-corrected chi connectivity index (χ1v) is 7.76. The van der Waals surface area contributed by atoms with Crippen molar-refractivity contribution in [1.29, 1.82) is 0 Å². The highest BCUT2D eigenvalue weighted by molar-refractivity contribution is 9.10. The fourth-order valence-corrected chi connectivity index (χ4v) is 2.73. The van der Waals surface area contributed by atoms with Gasteiger partial charge in [0.05, 0.1) is 5.02 Å². The summed E-state index contributed by atoms with van der Waals surface area (Å²) in [5.41, 5.74) is 0.163. The van der Waals surface area contributed by atoms with Crippen molar-refractivity contribution in [2.24, 2.45) is 0 Å². The van der Waals surface area contributed by atoms with Crippen molar-refractivity contribution in [2.75, 3.05) is 6.54 Å². The van der Waals surface area contributed by atoms with Crippen LogP contribution in [-0.2, 0) is 11.2 Å². The molecule has 1 heterocycles. The van der Waals surface area contributed by atoms with E-state index in [1.807, 2.05) is 32.9 Å². The van der Waals surface area contributed by atoms with Gasteiger partial charge in [0.2, 0.25) is 0 Å². The SMILES string of the molecule is CC(C)(C)OC(=O)NCCc1cc2cc(Br)cc(Cl)c2o1. The van der Waals surface area contributed by atoms with Crippen LogP contribution in [0.2, 0.25) is 5.02 Å². The van der Waals surface area contributed by atoms with Crippen LogP contribution in [0.4, 0.5) is 4.79 Å². The maximum atomic E-state index is 11.5. The number of rotatable bonds is 3. The van der Waals surface area contributed by atoms with Gasteiger partial charge in [-0.1, -0.05) is 27.5 Å². The Bertz CT molecular complexity index is 661. The number of fused-ring (bicyclic) bond motifs is 1. The van der Waals surface area contributed by atoms with E-state index in [9.17, 15) is 4.79 Å². The molecule has 0 saturated carbocycles. The molecule has 0 fully saturated rings. The normalized spacial score (nSPS) is 11.7. The highest BCUT2D eigenvalue weighted by atomic mass is 79.9. The van der Waals surface area contributed by atoms with Crippen molar-refractivity contribution in [3.8, 4) is 0 Å². The minimum atomic E-state index is -0.497. The summed E-state index contributed by atoms with van der Waals surface area (Å²) in [6.07, 6.45) is 0.140. The maximum Gasteiger partial charge on any atom is 0.407 e. The number of nitrogens with one attached hydrogen (secondary N) is 1. The van der Waals surface area contributed by atoms with Crippen LogP contribution in [0.25, 0.3) is 11.0 Å². The number of alkyl carbamates (subject to hydrolysis) is 1. The first-order valence-electron chi connectivity index (χ1n) is 6.59. The van der Waals surface area contributed by atoms with Gasteiger partial charge in [-0.25, -0.2) is 4.79 Å². The van der Waals surface area contributed by atoms with Crippen molar-refractivity contribution in [1.82, 2.24) is 5.32 Å². The number of carbonyl (C=O) groups is 1. The Kier molecular flexibility index (Phi) is 4.84. The summed E-state index contributed by atoms with van der Waals surface area (Å²) < 4.78 is 11.8. The number of furan rings is 1. The average Bonchev–Trinajstić information content (AvgIpc) is 2.69. The zero-order chi connectivity index (χ0) is 15.6. The predicted molar refractivity (Wildman–Crippen MR) is 86.9 cm³/mol. The Morgan fingerprint density at radius 1 is 1.38 bits per heavy atom. The van der Waals surface area contributed by atoms with Crippen LogP contribution in [0.1, 0.15) is 26.5 Å². The lowest BCUT2D eigenvalue weighted by Gasteiger charge is -2.19. The largest absolute Gasteiger partial charge is 0.459 e. The molecule has 114 valence electrons. The molecule has 1 amide bonds. The summed E-state index contributed by atoms with van der Waals surface area (Å²) >= 11 is 9.51. The second-order valence-electron chi connectivity index (χ2n) is 5.70. The van der Waals surface area contributed by atoms with Gasteiger partial charge in [-0.15, -0.1) is 0 Å². The van der Waals surface area contributed by atoms with Gasteiger partial charge in [0.1, 0.15) is 11.4 Å². The van der Waals surface area contributed by atoms with Gasteiger partial charge in [-0.2, -0.15) is 0 Å². The van der Waals surface area contributed by atoms with Gasteiger partial charge < -0.3 is 14.5 Å². The molecular weight excluding hydrogens is 358 g/mol. The number of hydrogen-bond acceptors (Lipinski definition) is 3. The zero-order valence-corrected chi connectivity index (χ0v) is 14.5. The Balaban J connectivity index is 1.95. The summed E-state index contributed by atoms with van der Waals surface area (Å²) in [4.78, 5) is 11.5. The molecular formula is C15H17BrClNO3. The molecule has 21 heavy (non-hydrogen) atoms. The van der Waals surface area contributed by atoms with E-state index in [4.69, 9.17) is 20.8 Å². The molecule has 0 spiro atoms. The second kappa shape index (κ2) is 6.28. The number of halogens is 2.